The largest absolute Gasteiger partial charge is 0.462 e. The van der Waals surface area contributed by atoms with Crippen LogP contribution in [0.2, 0.25) is 25.2 Å². The van der Waals surface area contributed by atoms with Gasteiger partial charge >= 0.3 is 5.97 Å². The second-order valence-electron chi connectivity index (χ2n) is 12.1. The highest BCUT2D eigenvalue weighted by atomic mass is 28.3. The number of esters is 1. The van der Waals surface area contributed by atoms with Crippen molar-refractivity contribution in [2.75, 3.05) is 18.5 Å². The van der Waals surface area contributed by atoms with Crippen molar-refractivity contribution in [3.05, 3.63) is 42.0 Å². The van der Waals surface area contributed by atoms with Crippen molar-refractivity contribution in [1.82, 2.24) is 0 Å². The average molecular weight is 528 g/mol. The second kappa shape index (κ2) is 19.5. The summed E-state index contributed by atoms with van der Waals surface area (Å²) >= 11 is 0. The minimum Gasteiger partial charge on any atom is -0.462 e. The van der Waals surface area contributed by atoms with E-state index in [-0.39, 0.29) is 5.97 Å². The molecule has 4 heteroatoms. The third kappa shape index (κ3) is 15.5. The van der Waals surface area contributed by atoms with Crippen LogP contribution in [0.4, 0.5) is 5.69 Å². The first-order valence-corrected chi connectivity index (χ1v) is 19.1. The van der Waals surface area contributed by atoms with Crippen LogP contribution < -0.4 is 5.32 Å². The Morgan fingerprint density at radius 1 is 0.838 bits per heavy atom. The van der Waals surface area contributed by atoms with Crippen LogP contribution >= 0.6 is 0 Å². The maximum atomic E-state index is 11.7. The Labute approximate surface area is 230 Å². The van der Waals surface area contributed by atoms with E-state index >= 15 is 0 Å². The molecule has 2 rings (SSSR count). The monoisotopic (exact) mass is 527 g/mol. The summed E-state index contributed by atoms with van der Waals surface area (Å²) in [4.78, 5) is 11.7. The van der Waals surface area contributed by atoms with Crippen LogP contribution in [0.15, 0.2) is 36.4 Å². The van der Waals surface area contributed by atoms with Gasteiger partial charge in [0.05, 0.1) is 12.2 Å². The van der Waals surface area contributed by atoms with Crippen LogP contribution in [-0.4, -0.2) is 27.2 Å². The van der Waals surface area contributed by atoms with Gasteiger partial charge in [0.1, 0.15) is 0 Å². The molecule has 0 aromatic heterocycles. The highest BCUT2D eigenvalue weighted by Gasteiger charge is 2.22. The number of benzene rings is 1. The molecule has 0 aliphatic heterocycles. The third-order valence-corrected chi connectivity index (χ3v) is 11.5. The zero-order valence-electron chi connectivity index (χ0n) is 24.5. The molecule has 0 fully saturated rings. The lowest BCUT2D eigenvalue weighted by Gasteiger charge is -2.26. The summed E-state index contributed by atoms with van der Waals surface area (Å²) in [6.07, 6.45) is 27.2. The Hall–Kier alpha value is -1.55. The highest BCUT2D eigenvalue weighted by molar-refractivity contribution is 6.77. The predicted octanol–water partition coefficient (Wildman–Crippen LogP) is 10.4. The normalized spacial score (nSPS) is 15.6. The molecule has 1 aromatic rings. The Kier molecular flexibility index (Phi) is 16.7. The van der Waals surface area contributed by atoms with Gasteiger partial charge in [-0.1, -0.05) is 114 Å². The van der Waals surface area contributed by atoms with E-state index in [0.29, 0.717) is 12.2 Å². The molecule has 1 aromatic carbocycles. The Morgan fingerprint density at radius 2 is 1.43 bits per heavy atom. The van der Waals surface area contributed by atoms with Gasteiger partial charge in [0.25, 0.3) is 0 Å². The number of allylic oxidation sites excluding steroid dienone is 2. The van der Waals surface area contributed by atoms with E-state index in [4.69, 9.17) is 4.74 Å². The number of nitrogens with one attached hydrogen (secondary N) is 1. The summed E-state index contributed by atoms with van der Waals surface area (Å²) in [6, 6.07) is 10.7. The van der Waals surface area contributed by atoms with Gasteiger partial charge in [0, 0.05) is 20.3 Å². The molecule has 1 atom stereocenters. The van der Waals surface area contributed by atoms with Crippen molar-refractivity contribution in [2.45, 2.75) is 135 Å². The predicted molar refractivity (Wildman–Crippen MR) is 164 cm³/mol. The summed E-state index contributed by atoms with van der Waals surface area (Å²) in [5.41, 5.74) is 1.69. The lowest BCUT2D eigenvalue weighted by molar-refractivity contribution is 0.0526. The summed E-state index contributed by atoms with van der Waals surface area (Å²) in [5, 5.41) is 3.46. The molecular formula is C33H57NO2Si. The quantitative estimate of drug-likeness (QED) is 0.0747. The molecule has 3 nitrogen and oxygen atoms in total. The average Bonchev–Trinajstić information content (AvgIpc) is 2.91. The van der Waals surface area contributed by atoms with Crippen molar-refractivity contribution in [3.63, 3.8) is 0 Å². The molecule has 0 spiro atoms. The molecule has 0 heterocycles. The van der Waals surface area contributed by atoms with Crippen LogP contribution in [-0.2, 0) is 4.74 Å². The summed E-state index contributed by atoms with van der Waals surface area (Å²) in [6.45, 7) is 8.51. The second-order valence-corrected chi connectivity index (χ2v) is 17.4. The molecule has 0 amide bonds. The van der Waals surface area contributed by atoms with E-state index in [2.05, 4.69) is 30.6 Å². The number of carbonyl (C=O) groups excluding carboxylic acids is 1. The fourth-order valence-electron chi connectivity index (χ4n) is 5.51. The zero-order valence-corrected chi connectivity index (χ0v) is 25.5. The van der Waals surface area contributed by atoms with Gasteiger partial charge in [0.15, 0.2) is 0 Å². The van der Waals surface area contributed by atoms with Crippen molar-refractivity contribution < 1.29 is 9.53 Å². The number of hydrogen-bond donors (Lipinski definition) is 1. The van der Waals surface area contributed by atoms with Crippen LogP contribution in [0.25, 0.3) is 0 Å². The van der Waals surface area contributed by atoms with Crippen LogP contribution in [0, 0.1) is 5.92 Å². The van der Waals surface area contributed by atoms with E-state index in [9.17, 15) is 4.79 Å². The minimum absolute atomic E-state index is 0.247. The number of rotatable bonds is 21. The number of hydrogen-bond acceptors (Lipinski definition) is 3. The molecule has 1 N–H and O–H groups in total. The fraction of sp³-hybridized carbons (Fsp3) is 0.727. The van der Waals surface area contributed by atoms with Gasteiger partial charge in [-0.15, -0.1) is 0 Å². The molecule has 210 valence electrons. The van der Waals surface area contributed by atoms with Crippen molar-refractivity contribution in [1.29, 1.82) is 0 Å². The number of unbranched alkanes of at least 4 members (excludes halogenated alkanes) is 11. The molecule has 0 bridgehead atoms. The molecule has 1 aliphatic rings. The SMILES string of the molecule is CCOC(=O)c1ccc(NCCCCCCCCCCCCCC[Si](C)(C)CCC2CC=CCC2)cc1. The first kappa shape index (κ1) is 31.7. The van der Waals surface area contributed by atoms with Gasteiger partial charge in [-0.25, -0.2) is 4.79 Å². The molecule has 1 aliphatic carbocycles. The van der Waals surface area contributed by atoms with E-state index < -0.39 is 8.07 Å². The molecule has 1 unspecified atom stereocenters. The molecular weight excluding hydrogens is 470 g/mol. The lowest BCUT2D eigenvalue weighted by Crippen LogP contribution is -2.25. The minimum atomic E-state index is -0.959. The van der Waals surface area contributed by atoms with Gasteiger partial charge in [0.2, 0.25) is 0 Å². The van der Waals surface area contributed by atoms with Gasteiger partial charge in [-0.2, -0.15) is 0 Å². The molecule has 0 saturated heterocycles. The van der Waals surface area contributed by atoms with Crippen molar-refractivity contribution in [3.8, 4) is 0 Å². The first-order valence-electron chi connectivity index (χ1n) is 15.7. The van der Waals surface area contributed by atoms with Gasteiger partial charge in [-0.3, -0.25) is 0 Å². The Morgan fingerprint density at radius 3 is 2.00 bits per heavy atom. The summed E-state index contributed by atoms with van der Waals surface area (Å²) in [5.74, 6) is 0.743. The molecule has 37 heavy (non-hydrogen) atoms. The van der Waals surface area contributed by atoms with Crippen LogP contribution in [0.3, 0.4) is 0 Å². The first-order chi connectivity index (χ1) is 18.0. The maximum absolute atomic E-state index is 11.7. The maximum Gasteiger partial charge on any atom is 0.338 e. The van der Waals surface area contributed by atoms with Crippen LogP contribution in [0.1, 0.15) is 120 Å². The molecule has 0 saturated carbocycles. The van der Waals surface area contributed by atoms with Gasteiger partial charge in [-0.05, 0) is 62.8 Å². The van der Waals surface area contributed by atoms with Crippen LogP contribution in [0.5, 0.6) is 0 Å². The fourth-order valence-corrected chi connectivity index (χ4v) is 8.15. The van der Waals surface area contributed by atoms with E-state index in [1.54, 1.807) is 12.1 Å². The topological polar surface area (TPSA) is 38.3 Å². The lowest BCUT2D eigenvalue weighted by atomic mass is 9.92. The standard InChI is InChI=1S/C33H57NO2Si/c1-4-36-33(35)31-22-24-32(25-23-31)34-27-18-13-11-9-7-5-6-8-10-12-14-19-28-37(2,3)29-26-30-20-16-15-17-21-30/h15-16,22-25,30,34H,4-14,17-21,26-29H2,1-3H3. The third-order valence-electron chi connectivity index (χ3n) is 8.11. The van der Waals surface area contributed by atoms with E-state index in [1.807, 2.05) is 31.2 Å². The number of ether oxygens (including phenoxy) is 1. The summed E-state index contributed by atoms with van der Waals surface area (Å²) in [7, 11) is -0.959. The van der Waals surface area contributed by atoms with Gasteiger partial charge < -0.3 is 10.1 Å². The van der Waals surface area contributed by atoms with E-state index in [1.165, 1.54) is 103 Å². The van der Waals surface area contributed by atoms with E-state index in [0.717, 1.165) is 18.2 Å². The number of anilines is 1. The Bertz CT molecular complexity index is 743. The number of carbonyl (C=O) groups is 1. The Balaban J connectivity index is 1.32. The summed E-state index contributed by atoms with van der Waals surface area (Å²) < 4.78 is 5.03. The highest BCUT2D eigenvalue weighted by Crippen LogP contribution is 2.29. The van der Waals surface area contributed by atoms with Crippen molar-refractivity contribution >= 4 is 19.7 Å². The zero-order chi connectivity index (χ0) is 26.6. The molecule has 0 radical (unpaired) electrons. The van der Waals surface area contributed by atoms with Crippen molar-refractivity contribution in [2.24, 2.45) is 5.92 Å². The smallest absolute Gasteiger partial charge is 0.338 e.